The molecule has 1 aliphatic heterocycles. The van der Waals surface area contributed by atoms with Gasteiger partial charge in [0.1, 0.15) is 5.56 Å². The molecule has 18 heavy (non-hydrogen) atoms. The van der Waals surface area contributed by atoms with E-state index < -0.39 is 16.0 Å². The van der Waals surface area contributed by atoms with Crippen LogP contribution in [0.25, 0.3) is 0 Å². The van der Waals surface area contributed by atoms with E-state index in [2.05, 4.69) is 10.2 Å². The Morgan fingerprint density at radius 2 is 2.22 bits per heavy atom. The Kier molecular flexibility index (Phi) is 3.16. The third-order valence-electron chi connectivity index (χ3n) is 3.10. The molecule has 1 fully saturated rings. The molecule has 8 heteroatoms. The highest BCUT2D eigenvalue weighted by atomic mass is 32.2. The first kappa shape index (κ1) is 13.0. The smallest absolute Gasteiger partial charge is 0.340 e. The molecule has 2 heterocycles. The van der Waals surface area contributed by atoms with Crippen molar-refractivity contribution in [2.45, 2.75) is 25.3 Å². The van der Waals surface area contributed by atoms with E-state index in [-0.39, 0.29) is 22.2 Å². The van der Waals surface area contributed by atoms with Crippen LogP contribution in [0.15, 0.2) is 5.03 Å². The molecule has 1 aliphatic rings. The zero-order valence-corrected chi connectivity index (χ0v) is 11.0. The summed E-state index contributed by atoms with van der Waals surface area (Å²) < 4.78 is 25.9. The molecule has 7 nitrogen and oxygen atoms in total. The Balaban J connectivity index is 2.45. The van der Waals surface area contributed by atoms with E-state index in [1.54, 1.807) is 0 Å². The average Bonchev–Trinajstić information content (AvgIpc) is 2.84. The molecule has 0 spiro atoms. The van der Waals surface area contributed by atoms with Gasteiger partial charge < -0.3 is 5.11 Å². The molecule has 100 valence electrons. The summed E-state index contributed by atoms with van der Waals surface area (Å²) in [5, 5.41) is 14.7. The molecule has 1 atom stereocenters. The number of aryl methyl sites for hydroxylation is 1. The number of nitrogens with zero attached hydrogens (tertiary/aromatic N) is 2. The van der Waals surface area contributed by atoms with Gasteiger partial charge in [0.15, 0.2) is 0 Å². The van der Waals surface area contributed by atoms with Crippen LogP contribution < -0.4 is 0 Å². The molecule has 0 amide bonds. The fraction of sp³-hybridized carbons (Fsp3) is 0.600. The van der Waals surface area contributed by atoms with Crippen LogP contribution in [0.1, 0.15) is 29.4 Å². The fourth-order valence-electron chi connectivity index (χ4n) is 2.08. The molecule has 1 aromatic heterocycles. The lowest BCUT2D eigenvalue weighted by atomic mass is 10.2. The molecular formula is C10H15N3O4S. The van der Waals surface area contributed by atoms with Crippen molar-refractivity contribution in [1.29, 1.82) is 0 Å². The van der Waals surface area contributed by atoms with Crippen LogP contribution in [0.2, 0.25) is 0 Å². The predicted molar refractivity (Wildman–Crippen MR) is 62.8 cm³/mol. The maximum absolute atomic E-state index is 12.3. The minimum atomic E-state index is -3.82. The zero-order chi connectivity index (χ0) is 13.5. The predicted octanol–water partition coefficient (Wildman–Crippen LogP) is 0.447. The maximum atomic E-state index is 12.3. The van der Waals surface area contributed by atoms with Gasteiger partial charge in [-0.2, -0.15) is 9.40 Å². The number of carboxylic acid groups (broad SMARTS) is 1. The first-order valence-corrected chi connectivity index (χ1v) is 7.06. The summed E-state index contributed by atoms with van der Waals surface area (Å²) >= 11 is 0. The highest BCUT2D eigenvalue weighted by Gasteiger charge is 2.36. The standard InChI is InChI=1S/C10H15N3O4S/c1-6-3-4-13(5-6)18(16,17)9-8(10(14)15)7(2)11-12-9/h6H,3-5H2,1-2H3,(H,11,12)(H,14,15). The van der Waals surface area contributed by atoms with Gasteiger partial charge in [-0.3, -0.25) is 5.10 Å². The largest absolute Gasteiger partial charge is 0.478 e. The minimum absolute atomic E-state index is 0.244. The summed E-state index contributed by atoms with van der Waals surface area (Å²) in [5.74, 6) is -1.000. The van der Waals surface area contributed by atoms with Crippen LogP contribution >= 0.6 is 0 Å². The molecular weight excluding hydrogens is 258 g/mol. The van der Waals surface area contributed by atoms with Crippen molar-refractivity contribution in [2.24, 2.45) is 5.92 Å². The highest BCUT2D eigenvalue weighted by molar-refractivity contribution is 7.89. The Hall–Kier alpha value is -1.41. The molecule has 0 aromatic carbocycles. The van der Waals surface area contributed by atoms with Crippen LogP contribution in [0.3, 0.4) is 0 Å². The van der Waals surface area contributed by atoms with Crippen molar-refractivity contribution < 1.29 is 18.3 Å². The quantitative estimate of drug-likeness (QED) is 0.832. The lowest BCUT2D eigenvalue weighted by Gasteiger charge is -2.14. The van der Waals surface area contributed by atoms with Gasteiger partial charge in [0.05, 0.1) is 0 Å². The fourth-order valence-corrected chi connectivity index (χ4v) is 3.78. The van der Waals surface area contributed by atoms with Crippen LogP contribution in [-0.2, 0) is 10.0 Å². The second-order valence-electron chi connectivity index (χ2n) is 4.59. The van der Waals surface area contributed by atoms with Gasteiger partial charge in [-0.05, 0) is 19.3 Å². The van der Waals surface area contributed by atoms with E-state index in [4.69, 9.17) is 5.11 Å². The summed E-state index contributed by atoms with van der Waals surface area (Å²) in [6.07, 6.45) is 0.783. The number of nitrogens with one attached hydrogen (secondary N) is 1. The summed E-state index contributed by atoms with van der Waals surface area (Å²) in [5.41, 5.74) is -0.0251. The van der Waals surface area contributed by atoms with E-state index in [9.17, 15) is 13.2 Å². The number of carboxylic acids is 1. The van der Waals surface area contributed by atoms with Gasteiger partial charge in [-0.15, -0.1) is 0 Å². The van der Waals surface area contributed by atoms with Gasteiger partial charge >= 0.3 is 5.97 Å². The Bertz CT molecular complexity index is 578. The number of carbonyl (C=O) groups is 1. The van der Waals surface area contributed by atoms with E-state index in [1.165, 1.54) is 11.2 Å². The third kappa shape index (κ3) is 2.01. The van der Waals surface area contributed by atoms with Crippen molar-refractivity contribution in [2.75, 3.05) is 13.1 Å². The lowest BCUT2D eigenvalue weighted by molar-refractivity contribution is 0.0691. The maximum Gasteiger partial charge on any atom is 0.340 e. The van der Waals surface area contributed by atoms with Crippen LogP contribution in [0, 0.1) is 12.8 Å². The number of rotatable bonds is 3. The van der Waals surface area contributed by atoms with E-state index in [1.807, 2.05) is 6.92 Å². The molecule has 0 saturated carbocycles. The number of sulfonamides is 1. The summed E-state index contributed by atoms with van der Waals surface area (Å²) in [7, 11) is -3.82. The number of hydrogen-bond acceptors (Lipinski definition) is 4. The number of aromatic amines is 1. The molecule has 1 saturated heterocycles. The van der Waals surface area contributed by atoms with Crippen LogP contribution in [0.4, 0.5) is 0 Å². The summed E-state index contributed by atoms with van der Waals surface area (Å²) in [6, 6.07) is 0. The molecule has 2 N–H and O–H groups in total. The molecule has 0 bridgehead atoms. The Morgan fingerprint density at radius 1 is 1.56 bits per heavy atom. The summed E-state index contributed by atoms with van der Waals surface area (Å²) in [4.78, 5) is 11.1. The number of aromatic carboxylic acids is 1. The van der Waals surface area contributed by atoms with Crippen molar-refractivity contribution in [3.8, 4) is 0 Å². The van der Waals surface area contributed by atoms with E-state index in [0.717, 1.165) is 6.42 Å². The van der Waals surface area contributed by atoms with Gasteiger partial charge in [-0.25, -0.2) is 13.2 Å². The van der Waals surface area contributed by atoms with Crippen LogP contribution in [0.5, 0.6) is 0 Å². The number of hydrogen-bond donors (Lipinski definition) is 2. The Morgan fingerprint density at radius 3 is 2.72 bits per heavy atom. The Labute approximate surface area is 105 Å². The van der Waals surface area contributed by atoms with Gasteiger partial charge in [0.2, 0.25) is 5.03 Å². The van der Waals surface area contributed by atoms with E-state index in [0.29, 0.717) is 13.1 Å². The number of H-pyrrole nitrogens is 1. The summed E-state index contributed by atoms with van der Waals surface area (Å²) in [6.45, 7) is 4.27. The molecule has 1 unspecified atom stereocenters. The molecule has 0 radical (unpaired) electrons. The van der Waals surface area contributed by atoms with Crippen molar-refractivity contribution in [3.63, 3.8) is 0 Å². The zero-order valence-electron chi connectivity index (χ0n) is 10.2. The second-order valence-corrected chi connectivity index (χ2v) is 6.44. The van der Waals surface area contributed by atoms with Crippen molar-refractivity contribution in [3.05, 3.63) is 11.3 Å². The molecule has 2 rings (SSSR count). The topological polar surface area (TPSA) is 103 Å². The monoisotopic (exact) mass is 273 g/mol. The molecule has 1 aromatic rings. The highest BCUT2D eigenvalue weighted by Crippen LogP contribution is 2.25. The van der Waals surface area contributed by atoms with Crippen LogP contribution in [-0.4, -0.2) is 47.1 Å². The lowest BCUT2D eigenvalue weighted by Crippen LogP contribution is -2.30. The van der Waals surface area contributed by atoms with Gasteiger partial charge in [0.25, 0.3) is 10.0 Å². The second kappa shape index (κ2) is 4.36. The van der Waals surface area contributed by atoms with Gasteiger partial charge in [-0.1, -0.05) is 6.92 Å². The normalized spacial score (nSPS) is 21.3. The van der Waals surface area contributed by atoms with Gasteiger partial charge in [0, 0.05) is 18.8 Å². The average molecular weight is 273 g/mol. The van der Waals surface area contributed by atoms with Crippen molar-refractivity contribution in [1.82, 2.24) is 14.5 Å². The third-order valence-corrected chi connectivity index (χ3v) is 4.89. The number of aromatic nitrogens is 2. The van der Waals surface area contributed by atoms with E-state index >= 15 is 0 Å². The minimum Gasteiger partial charge on any atom is -0.478 e. The SMILES string of the molecule is Cc1[nH]nc(S(=O)(=O)N2CCC(C)C2)c1C(=O)O. The van der Waals surface area contributed by atoms with Crippen molar-refractivity contribution >= 4 is 16.0 Å². The first-order valence-electron chi connectivity index (χ1n) is 5.62. The molecule has 0 aliphatic carbocycles. The first-order chi connectivity index (χ1) is 8.34.